The number of nitrogens with one attached hydrogen (secondary N) is 2. The van der Waals surface area contributed by atoms with E-state index in [4.69, 9.17) is 0 Å². The van der Waals surface area contributed by atoms with E-state index in [2.05, 4.69) is 22.8 Å². The third kappa shape index (κ3) is 6.97. The zero-order valence-electron chi connectivity index (χ0n) is 21.3. The molecule has 34 heavy (non-hydrogen) atoms. The Morgan fingerprint density at radius 1 is 1.06 bits per heavy atom. The molecule has 190 valence electrons. The van der Waals surface area contributed by atoms with Crippen LogP contribution in [0, 0.1) is 17.8 Å². The van der Waals surface area contributed by atoms with Crippen LogP contribution in [0.25, 0.3) is 0 Å². The molecule has 5 heteroatoms. The average molecular weight is 470 g/mol. The van der Waals surface area contributed by atoms with Crippen molar-refractivity contribution >= 4 is 6.03 Å². The molecule has 1 heterocycles. The Morgan fingerprint density at radius 2 is 1.82 bits per heavy atom. The van der Waals surface area contributed by atoms with Crippen LogP contribution >= 0.6 is 0 Å². The van der Waals surface area contributed by atoms with Gasteiger partial charge in [0.15, 0.2) is 0 Å². The second-order valence-corrected chi connectivity index (χ2v) is 11.4. The summed E-state index contributed by atoms with van der Waals surface area (Å²) in [4.78, 5) is 15.3. The lowest BCUT2D eigenvalue weighted by atomic mass is 9.74. The second-order valence-electron chi connectivity index (χ2n) is 11.4. The summed E-state index contributed by atoms with van der Waals surface area (Å²) in [5, 5.41) is 18.7. The molecule has 2 aliphatic carbocycles. The number of aliphatic hydroxyl groups is 1. The van der Waals surface area contributed by atoms with Crippen LogP contribution in [0.15, 0.2) is 30.3 Å². The number of rotatable bonds is 11. The zero-order chi connectivity index (χ0) is 23.8. The standard InChI is InChI=1S/C29H47N3O2/c1-30-21-27(20-24-10-4-2-5-11-24)31-28(33)32-19-9-15-26(22-32)29(34,18-8-12-23-16-17-23)25-13-6-3-7-14-25/h3,6-7,13-14,23-24,26-27,30,34H,2,4-5,8-12,15-22H2,1H3,(H,31,33). The summed E-state index contributed by atoms with van der Waals surface area (Å²) in [5.74, 6) is 1.69. The van der Waals surface area contributed by atoms with Crippen LogP contribution < -0.4 is 10.6 Å². The number of nitrogens with zero attached hydrogens (tertiary/aromatic N) is 1. The van der Waals surface area contributed by atoms with Gasteiger partial charge in [-0.1, -0.05) is 81.7 Å². The Morgan fingerprint density at radius 3 is 2.53 bits per heavy atom. The van der Waals surface area contributed by atoms with Crippen molar-refractivity contribution in [3.8, 4) is 0 Å². The molecule has 3 atom stereocenters. The fourth-order valence-corrected chi connectivity index (χ4v) is 6.46. The number of amides is 2. The predicted octanol–water partition coefficient (Wildman–Crippen LogP) is 5.43. The van der Waals surface area contributed by atoms with E-state index in [1.54, 1.807) is 0 Å². The van der Waals surface area contributed by atoms with Gasteiger partial charge in [-0.15, -0.1) is 0 Å². The van der Waals surface area contributed by atoms with Crippen molar-refractivity contribution in [2.75, 3.05) is 26.7 Å². The summed E-state index contributed by atoms with van der Waals surface area (Å²) in [6.45, 7) is 2.23. The first-order valence-electron chi connectivity index (χ1n) is 14.1. The van der Waals surface area contributed by atoms with Crippen LogP contribution in [0.4, 0.5) is 4.79 Å². The number of carbonyl (C=O) groups excluding carboxylic acids is 1. The molecule has 3 aliphatic rings. The smallest absolute Gasteiger partial charge is 0.317 e. The highest BCUT2D eigenvalue weighted by Crippen LogP contribution is 2.42. The van der Waals surface area contributed by atoms with E-state index in [9.17, 15) is 9.90 Å². The maximum absolute atomic E-state index is 13.4. The van der Waals surface area contributed by atoms with E-state index in [1.165, 1.54) is 51.4 Å². The summed E-state index contributed by atoms with van der Waals surface area (Å²) in [6, 6.07) is 10.4. The molecule has 3 fully saturated rings. The molecule has 5 nitrogen and oxygen atoms in total. The van der Waals surface area contributed by atoms with E-state index in [-0.39, 0.29) is 18.0 Å². The lowest BCUT2D eigenvalue weighted by Crippen LogP contribution is -2.54. The summed E-state index contributed by atoms with van der Waals surface area (Å²) < 4.78 is 0. The Hall–Kier alpha value is -1.59. The third-order valence-electron chi connectivity index (χ3n) is 8.65. The van der Waals surface area contributed by atoms with Gasteiger partial charge in [0.2, 0.25) is 0 Å². The van der Waals surface area contributed by atoms with Crippen molar-refractivity contribution in [2.45, 2.75) is 95.1 Å². The molecule has 1 saturated heterocycles. The van der Waals surface area contributed by atoms with Gasteiger partial charge in [-0.25, -0.2) is 4.79 Å². The number of likely N-dealkylation sites (tertiary alicyclic amines) is 1. The molecule has 4 rings (SSSR count). The third-order valence-corrected chi connectivity index (χ3v) is 8.65. The zero-order valence-corrected chi connectivity index (χ0v) is 21.3. The fraction of sp³-hybridized carbons (Fsp3) is 0.759. The second kappa shape index (κ2) is 12.4. The molecule has 0 radical (unpaired) electrons. The number of hydrogen-bond acceptors (Lipinski definition) is 3. The minimum Gasteiger partial charge on any atom is -0.385 e. The Kier molecular flexibility index (Phi) is 9.30. The first-order valence-corrected chi connectivity index (χ1v) is 14.1. The molecule has 0 bridgehead atoms. The molecule has 1 aliphatic heterocycles. The summed E-state index contributed by atoms with van der Waals surface area (Å²) >= 11 is 0. The summed E-state index contributed by atoms with van der Waals surface area (Å²) in [7, 11) is 1.97. The van der Waals surface area contributed by atoms with E-state index < -0.39 is 5.60 Å². The molecule has 1 aromatic carbocycles. The summed E-state index contributed by atoms with van der Waals surface area (Å²) in [5.41, 5.74) is 0.157. The van der Waals surface area contributed by atoms with E-state index in [1.807, 2.05) is 30.1 Å². The lowest BCUT2D eigenvalue weighted by Gasteiger charge is -2.43. The monoisotopic (exact) mass is 469 g/mol. The van der Waals surface area contributed by atoms with Gasteiger partial charge in [-0.3, -0.25) is 0 Å². The van der Waals surface area contributed by atoms with Gasteiger partial charge < -0.3 is 20.6 Å². The van der Waals surface area contributed by atoms with Crippen LogP contribution in [0.2, 0.25) is 0 Å². The molecule has 0 aromatic heterocycles. The highest BCUT2D eigenvalue weighted by atomic mass is 16.3. The number of hydrogen-bond donors (Lipinski definition) is 3. The van der Waals surface area contributed by atoms with Gasteiger partial charge >= 0.3 is 6.03 Å². The Balaban J connectivity index is 1.39. The molecule has 3 unspecified atom stereocenters. The number of benzene rings is 1. The van der Waals surface area contributed by atoms with Crippen molar-refractivity contribution in [3.63, 3.8) is 0 Å². The van der Waals surface area contributed by atoms with E-state index in [0.717, 1.165) is 62.6 Å². The first-order chi connectivity index (χ1) is 16.6. The normalized spacial score (nSPS) is 24.4. The summed E-state index contributed by atoms with van der Waals surface area (Å²) in [6.07, 6.45) is 15.4. The maximum atomic E-state index is 13.4. The van der Waals surface area contributed by atoms with Crippen LogP contribution in [0.5, 0.6) is 0 Å². The van der Waals surface area contributed by atoms with Crippen molar-refractivity contribution in [1.29, 1.82) is 0 Å². The fourth-order valence-electron chi connectivity index (χ4n) is 6.46. The van der Waals surface area contributed by atoms with Crippen LogP contribution in [-0.2, 0) is 5.60 Å². The minimum atomic E-state index is -0.860. The van der Waals surface area contributed by atoms with Gasteiger partial charge in [0.25, 0.3) is 0 Å². The molecular weight excluding hydrogens is 422 g/mol. The molecule has 1 aromatic rings. The van der Waals surface area contributed by atoms with Crippen LogP contribution in [0.3, 0.4) is 0 Å². The van der Waals surface area contributed by atoms with Crippen molar-refractivity contribution in [1.82, 2.24) is 15.5 Å². The quantitative estimate of drug-likeness (QED) is 0.405. The van der Waals surface area contributed by atoms with Crippen LogP contribution in [-0.4, -0.2) is 48.8 Å². The molecule has 2 amide bonds. The number of carbonyl (C=O) groups is 1. The van der Waals surface area contributed by atoms with Crippen LogP contribution in [0.1, 0.15) is 89.0 Å². The molecular formula is C29H47N3O2. The Labute approximate surface area is 207 Å². The van der Waals surface area contributed by atoms with Gasteiger partial charge in [-0.2, -0.15) is 0 Å². The van der Waals surface area contributed by atoms with Crippen molar-refractivity contribution in [3.05, 3.63) is 35.9 Å². The molecule has 3 N–H and O–H groups in total. The first kappa shape index (κ1) is 25.5. The predicted molar refractivity (Wildman–Crippen MR) is 139 cm³/mol. The minimum absolute atomic E-state index is 0.0501. The number of piperidine rings is 1. The Bertz CT molecular complexity index is 747. The van der Waals surface area contributed by atoms with Gasteiger partial charge in [-0.05, 0) is 56.6 Å². The highest BCUT2D eigenvalue weighted by Gasteiger charge is 2.41. The number of urea groups is 1. The van der Waals surface area contributed by atoms with Crippen molar-refractivity contribution < 1.29 is 9.90 Å². The lowest BCUT2D eigenvalue weighted by molar-refractivity contribution is -0.0559. The number of likely N-dealkylation sites (N-methyl/N-ethyl adjacent to an activating group) is 1. The topological polar surface area (TPSA) is 64.6 Å². The van der Waals surface area contributed by atoms with Gasteiger partial charge in [0.05, 0.1) is 5.60 Å². The molecule has 2 saturated carbocycles. The highest BCUT2D eigenvalue weighted by molar-refractivity contribution is 5.74. The molecule has 0 spiro atoms. The maximum Gasteiger partial charge on any atom is 0.317 e. The van der Waals surface area contributed by atoms with E-state index in [0.29, 0.717) is 6.54 Å². The van der Waals surface area contributed by atoms with Gasteiger partial charge in [0.1, 0.15) is 0 Å². The largest absolute Gasteiger partial charge is 0.385 e. The van der Waals surface area contributed by atoms with Crippen molar-refractivity contribution in [2.24, 2.45) is 17.8 Å². The van der Waals surface area contributed by atoms with E-state index >= 15 is 0 Å². The SMILES string of the molecule is CNCC(CC1CCCCC1)NC(=O)N1CCCC(C(O)(CCCC2CC2)c2ccccc2)C1. The van der Waals surface area contributed by atoms with Gasteiger partial charge in [0, 0.05) is 31.6 Å². The average Bonchev–Trinajstić information content (AvgIpc) is 3.70.